The van der Waals surface area contributed by atoms with Gasteiger partial charge >= 0.3 is 0 Å². The van der Waals surface area contributed by atoms with E-state index in [1.807, 2.05) is 33.0 Å². The minimum Gasteiger partial charge on any atom is -0.352 e. The first kappa shape index (κ1) is 14.2. The highest BCUT2D eigenvalue weighted by molar-refractivity contribution is 5.76. The lowest BCUT2D eigenvalue weighted by molar-refractivity contribution is -0.121. The van der Waals surface area contributed by atoms with Crippen LogP contribution in [0.25, 0.3) is 11.3 Å². The Morgan fingerprint density at radius 1 is 1.40 bits per heavy atom. The van der Waals surface area contributed by atoms with Crippen LogP contribution >= 0.6 is 0 Å². The Balaban J connectivity index is 2.04. The number of pyridine rings is 1. The molecule has 2 aromatic rings. The van der Waals surface area contributed by atoms with Gasteiger partial charge in [0.05, 0.1) is 5.69 Å². The molecule has 2 aromatic heterocycles. The van der Waals surface area contributed by atoms with Crippen molar-refractivity contribution in [1.29, 1.82) is 0 Å². The molecular weight excluding hydrogens is 252 g/mol. The van der Waals surface area contributed by atoms with Crippen molar-refractivity contribution in [2.45, 2.75) is 26.8 Å². The summed E-state index contributed by atoms with van der Waals surface area (Å²) in [5.74, 6) is 0.444. The van der Waals surface area contributed by atoms with Crippen LogP contribution in [0.3, 0.4) is 0 Å². The molecule has 106 valence electrons. The van der Waals surface area contributed by atoms with E-state index in [9.17, 15) is 4.79 Å². The summed E-state index contributed by atoms with van der Waals surface area (Å²) in [6.07, 6.45) is 5.88. The lowest BCUT2D eigenvalue weighted by Gasteiger charge is -2.08. The number of nitrogens with zero attached hydrogens (tertiary/aromatic N) is 3. The SMILES string of the molecule is CC(C)CC(=O)NCc1cncc(-c2ccnn2C)c1. The van der Waals surface area contributed by atoms with Crippen molar-refractivity contribution in [2.75, 3.05) is 0 Å². The summed E-state index contributed by atoms with van der Waals surface area (Å²) in [7, 11) is 1.90. The minimum atomic E-state index is 0.0749. The molecule has 0 atom stereocenters. The first-order chi connectivity index (χ1) is 9.56. The maximum atomic E-state index is 11.6. The average Bonchev–Trinajstić information content (AvgIpc) is 2.82. The Hall–Kier alpha value is -2.17. The van der Waals surface area contributed by atoms with E-state index in [1.165, 1.54) is 0 Å². The Labute approximate surface area is 119 Å². The zero-order valence-corrected chi connectivity index (χ0v) is 12.1. The highest BCUT2D eigenvalue weighted by Gasteiger charge is 2.07. The summed E-state index contributed by atoms with van der Waals surface area (Å²) in [4.78, 5) is 15.9. The van der Waals surface area contributed by atoms with Crippen molar-refractivity contribution in [3.8, 4) is 11.3 Å². The predicted octanol–water partition coefficient (Wildman–Crippen LogP) is 2.14. The largest absolute Gasteiger partial charge is 0.352 e. The average molecular weight is 272 g/mol. The van der Waals surface area contributed by atoms with Crippen LogP contribution in [0.15, 0.2) is 30.7 Å². The predicted molar refractivity (Wildman–Crippen MR) is 77.7 cm³/mol. The number of nitrogens with one attached hydrogen (secondary N) is 1. The van der Waals surface area contributed by atoms with Gasteiger partial charge in [0.15, 0.2) is 0 Å². The minimum absolute atomic E-state index is 0.0749. The van der Waals surface area contributed by atoms with Crippen molar-refractivity contribution >= 4 is 5.91 Å². The quantitative estimate of drug-likeness (QED) is 0.907. The van der Waals surface area contributed by atoms with Gasteiger partial charge in [0.2, 0.25) is 5.91 Å². The fourth-order valence-electron chi connectivity index (χ4n) is 2.02. The van der Waals surface area contributed by atoms with E-state index >= 15 is 0 Å². The number of carbonyl (C=O) groups excluding carboxylic acids is 1. The molecule has 0 aliphatic rings. The first-order valence-corrected chi connectivity index (χ1v) is 6.75. The number of carbonyl (C=O) groups is 1. The summed E-state index contributed by atoms with van der Waals surface area (Å²) >= 11 is 0. The topological polar surface area (TPSA) is 59.8 Å². The van der Waals surface area contributed by atoms with Crippen molar-refractivity contribution in [3.63, 3.8) is 0 Å². The molecule has 0 saturated carbocycles. The van der Waals surface area contributed by atoms with E-state index in [2.05, 4.69) is 15.4 Å². The van der Waals surface area contributed by atoms with E-state index in [0.29, 0.717) is 18.9 Å². The van der Waals surface area contributed by atoms with Gasteiger partial charge in [-0.15, -0.1) is 0 Å². The Morgan fingerprint density at radius 2 is 2.20 bits per heavy atom. The third-order valence-electron chi connectivity index (χ3n) is 2.99. The van der Waals surface area contributed by atoms with Gasteiger partial charge in [-0.05, 0) is 23.6 Å². The van der Waals surface area contributed by atoms with E-state index in [0.717, 1.165) is 16.8 Å². The second kappa shape index (κ2) is 6.32. The molecule has 5 nitrogen and oxygen atoms in total. The molecule has 0 fully saturated rings. The number of hydrogen-bond acceptors (Lipinski definition) is 3. The summed E-state index contributed by atoms with van der Waals surface area (Å²) in [6, 6.07) is 3.97. The first-order valence-electron chi connectivity index (χ1n) is 6.75. The molecule has 5 heteroatoms. The fraction of sp³-hybridized carbons (Fsp3) is 0.400. The van der Waals surface area contributed by atoms with Gasteiger partial charge in [-0.25, -0.2) is 0 Å². The van der Waals surface area contributed by atoms with Crippen LogP contribution in [0.1, 0.15) is 25.8 Å². The van der Waals surface area contributed by atoms with Gasteiger partial charge < -0.3 is 5.32 Å². The molecule has 2 heterocycles. The normalized spacial score (nSPS) is 10.8. The summed E-state index contributed by atoms with van der Waals surface area (Å²) < 4.78 is 1.80. The van der Waals surface area contributed by atoms with Gasteiger partial charge in [0, 0.05) is 44.2 Å². The van der Waals surface area contributed by atoms with Crippen molar-refractivity contribution in [2.24, 2.45) is 13.0 Å². The van der Waals surface area contributed by atoms with Gasteiger partial charge in [-0.3, -0.25) is 14.5 Å². The summed E-state index contributed by atoms with van der Waals surface area (Å²) in [5, 5.41) is 7.06. The summed E-state index contributed by atoms with van der Waals surface area (Å²) in [5.41, 5.74) is 2.99. The van der Waals surface area contributed by atoms with Crippen molar-refractivity contribution in [1.82, 2.24) is 20.1 Å². The van der Waals surface area contributed by atoms with E-state index in [1.54, 1.807) is 23.3 Å². The second-order valence-corrected chi connectivity index (χ2v) is 5.30. The lowest BCUT2D eigenvalue weighted by atomic mass is 10.1. The van der Waals surface area contributed by atoms with E-state index < -0.39 is 0 Å². The van der Waals surface area contributed by atoms with Crippen molar-refractivity contribution in [3.05, 3.63) is 36.3 Å². The molecular formula is C15H20N4O. The van der Waals surface area contributed by atoms with Crippen LogP contribution in [0.5, 0.6) is 0 Å². The Bertz CT molecular complexity index is 589. The molecule has 0 radical (unpaired) electrons. The molecule has 2 rings (SSSR count). The Kier molecular flexibility index (Phi) is 4.50. The third-order valence-corrected chi connectivity index (χ3v) is 2.99. The molecule has 0 bridgehead atoms. The molecule has 1 amide bonds. The van der Waals surface area contributed by atoms with Crippen LogP contribution < -0.4 is 5.32 Å². The van der Waals surface area contributed by atoms with Gasteiger partial charge in [-0.1, -0.05) is 13.8 Å². The highest BCUT2D eigenvalue weighted by Crippen LogP contribution is 2.18. The van der Waals surface area contributed by atoms with Crippen LogP contribution in [-0.4, -0.2) is 20.7 Å². The molecule has 20 heavy (non-hydrogen) atoms. The molecule has 0 aliphatic heterocycles. The standard InChI is InChI=1S/C15H20N4O/c1-11(2)6-15(20)17-9-12-7-13(10-16-8-12)14-4-5-18-19(14)3/h4-5,7-8,10-11H,6,9H2,1-3H3,(H,17,20). The number of amides is 1. The fourth-order valence-corrected chi connectivity index (χ4v) is 2.02. The monoisotopic (exact) mass is 272 g/mol. The Morgan fingerprint density at radius 3 is 2.85 bits per heavy atom. The van der Waals surface area contributed by atoms with Crippen LogP contribution in [0.4, 0.5) is 0 Å². The van der Waals surface area contributed by atoms with Crippen LogP contribution in [0.2, 0.25) is 0 Å². The molecule has 0 aliphatic carbocycles. The molecule has 1 N–H and O–H groups in total. The highest BCUT2D eigenvalue weighted by atomic mass is 16.1. The molecule has 0 saturated heterocycles. The zero-order chi connectivity index (χ0) is 14.5. The van der Waals surface area contributed by atoms with Gasteiger partial charge in [0.25, 0.3) is 0 Å². The van der Waals surface area contributed by atoms with Crippen LogP contribution in [0, 0.1) is 5.92 Å². The molecule has 0 aromatic carbocycles. The van der Waals surface area contributed by atoms with Gasteiger partial charge in [-0.2, -0.15) is 5.10 Å². The number of hydrogen-bond donors (Lipinski definition) is 1. The molecule has 0 unspecified atom stereocenters. The third kappa shape index (κ3) is 3.66. The van der Waals surface area contributed by atoms with Crippen molar-refractivity contribution < 1.29 is 4.79 Å². The van der Waals surface area contributed by atoms with E-state index in [-0.39, 0.29) is 5.91 Å². The number of aromatic nitrogens is 3. The number of rotatable bonds is 5. The zero-order valence-electron chi connectivity index (χ0n) is 12.1. The smallest absolute Gasteiger partial charge is 0.220 e. The molecule has 0 spiro atoms. The van der Waals surface area contributed by atoms with Gasteiger partial charge in [0.1, 0.15) is 0 Å². The second-order valence-electron chi connectivity index (χ2n) is 5.30. The maximum absolute atomic E-state index is 11.6. The number of aryl methyl sites for hydroxylation is 1. The van der Waals surface area contributed by atoms with E-state index in [4.69, 9.17) is 0 Å². The maximum Gasteiger partial charge on any atom is 0.220 e. The lowest BCUT2D eigenvalue weighted by Crippen LogP contribution is -2.23. The summed E-state index contributed by atoms with van der Waals surface area (Å²) in [6.45, 7) is 4.57. The van der Waals surface area contributed by atoms with Crippen LogP contribution in [-0.2, 0) is 18.4 Å².